The smallest absolute Gasteiger partial charge is 0.234 e. The van der Waals surface area contributed by atoms with Crippen LogP contribution < -0.4 is 11.1 Å². The molecule has 2 atom stereocenters. The van der Waals surface area contributed by atoms with E-state index in [0.717, 1.165) is 12.8 Å². The molecule has 0 saturated carbocycles. The molecule has 2 aromatic carbocycles. The van der Waals surface area contributed by atoms with Gasteiger partial charge in [-0.3, -0.25) is 10.1 Å². The fraction of sp³-hybridized carbons (Fsp3) is 0.278. The van der Waals surface area contributed by atoms with Gasteiger partial charge in [-0.2, -0.15) is 0 Å². The summed E-state index contributed by atoms with van der Waals surface area (Å²) in [6.45, 7) is 1.81. The van der Waals surface area contributed by atoms with Crippen molar-refractivity contribution in [3.63, 3.8) is 0 Å². The average molecular weight is 282 g/mol. The van der Waals surface area contributed by atoms with Gasteiger partial charge in [0.05, 0.1) is 6.04 Å². The Bertz CT molecular complexity index is 554. The summed E-state index contributed by atoms with van der Waals surface area (Å²) in [7, 11) is 0. The fourth-order valence-corrected chi connectivity index (χ4v) is 2.37. The molecule has 2 rings (SSSR count). The molecule has 2 aromatic rings. The van der Waals surface area contributed by atoms with Crippen LogP contribution in [0.25, 0.3) is 0 Å². The van der Waals surface area contributed by atoms with E-state index in [4.69, 9.17) is 5.73 Å². The predicted molar refractivity (Wildman–Crippen MR) is 85.7 cm³/mol. The second-order valence-corrected chi connectivity index (χ2v) is 5.28. The van der Waals surface area contributed by atoms with E-state index < -0.39 is 0 Å². The predicted octanol–water partition coefficient (Wildman–Crippen LogP) is 2.82. The number of hydrogen-bond acceptors (Lipinski definition) is 2. The van der Waals surface area contributed by atoms with Gasteiger partial charge in [0, 0.05) is 6.04 Å². The summed E-state index contributed by atoms with van der Waals surface area (Å²) in [5.74, 6) is -0.323. The number of aryl methyl sites for hydroxylation is 1. The van der Waals surface area contributed by atoms with Gasteiger partial charge in [0.1, 0.15) is 0 Å². The molecule has 1 amide bonds. The van der Waals surface area contributed by atoms with E-state index in [1.54, 1.807) is 6.92 Å². The fourth-order valence-electron chi connectivity index (χ4n) is 2.37. The lowest BCUT2D eigenvalue weighted by atomic mass is 9.98. The Hall–Kier alpha value is -2.13. The minimum Gasteiger partial charge on any atom is -0.368 e. The molecule has 0 aliphatic carbocycles. The standard InChI is InChI=1S/C18H22N2O/c1-14(18(19)21)20-17(16-10-6-3-7-11-16)13-12-15-8-4-2-5-9-15/h2-11,14,17,20H,12-13H2,1H3,(H2,19,21). The lowest BCUT2D eigenvalue weighted by molar-refractivity contribution is -0.119. The molecule has 0 aromatic heterocycles. The van der Waals surface area contributed by atoms with Gasteiger partial charge in [-0.1, -0.05) is 60.7 Å². The maximum absolute atomic E-state index is 11.3. The first-order valence-corrected chi connectivity index (χ1v) is 7.31. The first-order chi connectivity index (χ1) is 10.2. The molecule has 3 nitrogen and oxygen atoms in total. The molecule has 0 bridgehead atoms. The molecule has 110 valence electrons. The summed E-state index contributed by atoms with van der Waals surface area (Å²) in [5, 5.41) is 3.33. The number of primary amides is 1. The summed E-state index contributed by atoms with van der Waals surface area (Å²) in [6, 6.07) is 20.3. The number of benzene rings is 2. The van der Waals surface area contributed by atoms with Gasteiger partial charge in [0.15, 0.2) is 0 Å². The molecular formula is C18H22N2O. The van der Waals surface area contributed by atoms with E-state index in [2.05, 4.69) is 29.6 Å². The van der Waals surface area contributed by atoms with Crippen LogP contribution in [0.4, 0.5) is 0 Å². The van der Waals surface area contributed by atoms with Crippen molar-refractivity contribution in [3.8, 4) is 0 Å². The third-order valence-electron chi connectivity index (χ3n) is 3.64. The molecule has 2 unspecified atom stereocenters. The van der Waals surface area contributed by atoms with E-state index >= 15 is 0 Å². The lowest BCUT2D eigenvalue weighted by Gasteiger charge is -2.22. The third-order valence-corrected chi connectivity index (χ3v) is 3.64. The van der Waals surface area contributed by atoms with Crippen molar-refractivity contribution >= 4 is 5.91 Å². The summed E-state index contributed by atoms with van der Waals surface area (Å²) in [4.78, 5) is 11.3. The monoisotopic (exact) mass is 282 g/mol. The van der Waals surface area contributed by atoms with Crippen LogP contribution in [0.1, 0.15) is 30.5 Å². The third kappa shape index (κ3) is 4.72. The zero-order valence-corrected chi connectivity index (χ0v) is 12.3. The Kier molecular flexibility index (Phi) is 5.52. The molecule has 0 saturated heterocycles. The Morgan fingerprint density at radius 1 is 1.05 bits per heavy atom. The Balaban J connectivity index is 2.07. The molecular weight excluding hydrogens is 260 g/mol. The second kappa shape index (κ2) is 7.60. The molecule has 0 fully saturated rings. The van der Waals surface area contributed by atoms with Crippen molar-refractivity contribution in [1.82, 2.24) is 5.32 Å². The molecule has 0 radical (unpaired) electrons. The van der Waals surface area contributed by atoms with E-state index in [1.165, 1.54) is 11.1 Å². The lowest BCUT2D eigenvalue weighted by Crippen LogP contribution is -2.41. The maximum Gasteiger partial charge on any atom is 0.234 e. The van der Waals surface area contributed by atoms with Gasteiger partial charge in [0.25, 0.3) is 0 Å². The van der Waals surface area contributed by atoms with E-state index in [0.29, 0.717) is 0 Å². The van der Waals surface area contributed by atoms with Gasteiger partial charge in [0.2, 0.25) is 5.91 Å². The highest BCUT2D eigenvalue weighted by Gasteiger charge is 2.17. The van der Waals surface area contributed by atoms with Crippen molar-refractivity contribution < 1.29 is 4.79 Å². The molecule has 3 heteroatoms. The first kappa shape index (κ1) is 15.3. The first-order valence-electron chi connectivity index (χ1n) is 7.31. The van der Waals surface area contributed by atoms with Crippen LogP contribution in [0.5, 0.6) is 0 Å². The minimum absolute atomic E-state index is 0.119. The summed E-state index contributed by atoms with van der Waals surface area (Å²) >= 11 is 0. The second-order valence-electron chi connectivity index (χ2n) is 5.28. The Morgan fingerprint density at radius 3 is 2.19 bits per heavy atom. The van der Waals surface area contributed by atoms with Crippen LogP contribution in [0, 0.1) is 0 Å². The largest absolute Gasteiger partial charge is 0.368 e. The van der Waals surface area contributed by atoms with Crippen molar-refractivity contribution in [2.24, 2.45) is 5.73 Å². The van der Waals surface area contributed by atoms with Crippen LogP contribution in [0.15, 0.2) is 60.7 Å². The van der Waals surface area contributed by atoms with Gasteiger partial charge in [-0.15, -0.1) is 0 Å². The quantitative estimate of drug-likeness (QED) is 0.820. The minimum atomic E-state index is -0.342. The molecule has 0 aliphatic rings. The summed E-state index contributed by atoms with van der Waals surface area (Å²) < 4.78 is 0. The van der Waals surface area contributed by atoms with Crippen molar-refractivity contribution in [2.45, 2.75) is 31.8 Å². The topological polar surface area (TPSA) is 55.1 Å². The molecule has 21 heavy (non-hydrogen) atoms. The van der Waals surface area contributed by atoms with Crippen LogP contribution in [0.3, 0.4) is 0 Å². The number of rotatable bonds is 7. The summed E-state index contributed by atoms with van der Waals surface area (Å²) in [6.07, 6.45) is 1.88. The zero-order chi connectivity index (χ0) is 15.1. The molecule has 0 heterocycles. The van der Waals surface area contributed by atoms with Crippen LogP contribution >= 0.6 is 0 Å². The zero-order valence-electron chi connectivity index (χ0n) is 12.3. The normalized spacial score (nSPS) is 13.6. The highest BCUT2D eigenvalue weighted by molar-refractivity contribution is 5.79. The maximum atomic E-state index is 11.3. The number of carbonyl (C=O) groups is 1. The van der Waals surface area contributed by atoms with Gasteiger partial charge in [-0.05, 0) is 30.9 Å². The average Bonchev–Trinajstić information content (AvgIpc) is 2.53. The van der Waals surface area contributed by atoms with E-state index in [9.17, 15) is 4.79 Å². The van der Waals surface area contributed by atoms with Crippen LogP contribution in [-0.4, -0.2) is 11.9 Å². The highest BCUT2D eigenvalue weighted by atomic mass is 16.1. The van der Waals surface area contributed by atoms with E-state index in [-0.39, 0.29) is 18.0 Å². The van der Waals surface area contributed by atoms with Gasteiger partial charge >= 0.3 is 0 Å². The van der Waals surface area contributed by atoms with Crippen LogP contribution in [-0.2, 0) is 11.2 Å². The molecule has 3 N–H and O–H groups in total. The highest BCUT2D eigenvalue weighted by Crippen LogP contribution is 2.19. The SMILES string of the molecule is CC(NC(CCc1ccccc1)c1ccccc1)C(N)=O. The number of nitrogens with two attached hydrogens (primary N) is 1. The number of carbonyl (C=O) groups excluding carboxylic acids is 1. The Labute approximate surface area is 126 Å². The number of nitrogens with one attached hydrogen (secondary N) is 1. The number of amides is 1. The van der Waals surface area contributed by atoms with Crippen molar-refractivity contribution in [3.05, 3.63) is 71.8 Å². The number of hydrogen-bond donors (Lipinski definition) is 2. The van der Waals surface area contributed by atoms with Crippen LogP contribution in [0.2, 0.25) is 0 Å². The van der Waals surface area contributed by atoms with E-state index in [1.807, 2.05) is 36.4 Å². The van der Waals surface area contributed by atoms with Crippen molar-refractivity contribution in [2.75, 3.05) is 0 Å². The van der Waals surface area contributed by atoms with Crippen molar-refractivity contribution in [1.29, 1.82) is 0 Å². The Morgan fingerprint density at radius 2 is 1.62 bits per heavy atom. The molecule has 0 aliphatic heterocycles. The van der Waals surface area contributed by atoms with Gasteiger partial charge < -0.3 is 5.73 Å². The summed E-state index contributed by atoms with van der Waals surface area (Å²) in [5.41, 5.74) is 7.85. The molecule has 0 spiro atoms. The van der Waals surface area contributed by atoms with Gasteiger partial charge in [-0.25, -0.2) is 0 Å².